The monoisotopic (exact) mass is 380 g/mol. The zero-order chi connectivity index (χ0) is 19.3. The second-order valence-corrected chi connectivity index (χ2v) is 7.73. The van der Waals surface area contributed by atoms with Crippen molar-refractivity contribution in [1.29, 1.82) is 0 Å². The van der Waals surface area contributed by atoms with E-state index in [0.717, 1.165) is 41.7 Å². The van der Waals surface area contributed by atoms with Crippen molar-refractivity contribution in [2.45, 2.75) is 50.7 Å². The van der Waals surface area contributed by atoms with Crippen LogP contribution in [0.15, 0.2) is 36.9 Å². The van der Waals surface area contributed by atoms with Crippen LogP contribution in [0, 0.1) is 6.92 Å². The van der Waals surface area contributed by atoms with Gasteiger partial charge in [0.05, 0.1) is 12.2 Å². The van der Waals surface area contributed by atoms with Crippen LogP contribution in [0.2, 0.25) is 0 Å². The molecule has 3 aromatic rings. The Morgan fingerprint density at radius 2 is 2.11 bits per heavy atom. The number of fused-ring (bicyclic) bond motifs is 2. The third-order valence-electron chi connectivity index (χ3n) is 6.05. The normalized spacial score (nSPS) is 27.1. The molecule has 7 nitrogen and oxygen atoms in total. The smallest absolute Gasteiger partial charge is 0.142 e. The highest BCUT2D eigenvalue weighted by Gasteiger charge is 2.44. The van der Waals surface area contributed by atoms with Crippen LogP contribution < -0.4 is 10.1 Å². The van der Waals surface area contributed by atoms with Crippen LogP contribution in [-0.4, -0.2) is 49.6 Å². The van der Waals surface area contributed by atoms with Crippen molar-refractivity contribution in [3.63, 3.8) is 0 Å². The number of aliphatic hydroxyl groups is 2. The minimum atomic E-state index is -0.973. The quantitative estimate of drug-likeness (QED) is 0.638. The number of rotatable bonds is 3. The number of aliphatic hydroxyl groups excluding tert-OH is 2. The summed E-state index contributed by atoms with van der Waals surface area (Å²) in [5.74, 6) is 0.688. The molecule has 3 aromatic heterocycles. The average Bonchev–Trinajstić information content (AvgIpc) is 3.26. The van der Waals surface area contributed by atoms with Crippen LogP contribution in [0.25, 0.3) is 11.0 Å². The van der Waals surface area contributed by atoms with Crippen LogP contribution in [0.1, 0.15) is 29.2 Å². The summed E-state index contributed by atoms with van der Waals surface area (Å²) in [6.45, 7) is 3.70. The Balaban J connectivity index is 1.43. The molecule has 1 saturated carbocycles. The van der Waals surface area contributed by atoms with Crippen LogP contribution in [0.5, 0.6) is 5.75 Å². The maximum atomic E-state index is 10.7. The van der Waals surface area contributed by atoms with Gasteiger partial charge in [-0.05, 0) is 43.1 Å². The maximum absolute atomic E-state index is 10.7. The summed E-state index contributed by atoms with van der Waals surface area (Å²) in [5.41, 5.74) is 4.23. The molecular weight excluding hydrogens is 356 g/mol. The highest BCUT2D eigenvalue weighted by molar-refractivity contribution is 5.79. The highest BCUT2D eigenvalue weighted by Crippen LogP contribution is 2.37. The Morgan fingerprint density at radius 3 is 3.00 bits per heavy atom. The summed E-state index contributed by atoms with van der Waals surface area (Å²) in [7, 11) is 0. The zero-order valence-corrected chi connectivity index (χ0v) is 15.7. The Bertz CT molecular complexity index is 1020. The summed E-state index contributed by atoms with van der Waals surface area (Å²) in [6, 6.07) is 3.68. The Hall–Kier alpha value is -2.48. The third-order valence-corrected chi connectivity index (χ3v) is 6.05. The predicted octanol–water partition coefficient (Wildman–Crippen LogP) is 1.50. The molecule has 1 fully saturated rings. The first-order valence-corrected chi connectivity index (χ1v) is 9.75. The van der Waals surface area contributed by atoms with Gasteiger partial charge in [-0.2, -0.15) is 0 Å². The number of nitrogens with zero attached hydrogens (tertiary/aromatic N) is 3. The number of pyridine rings is 2. The number of hydrogen-bond donors (Lipinski definition) is 3. The average molecular weight is 380 g/mol. The second-order valence-electron chi connectivity index (χ2n) is 7.73. The van der Waals surface area contributed by atoms with Gasteiger partial charge in [0, 0.05) is 42.5 Å². The van der Waals surface area contributed by atoms with Crippen LogP contribution in [0.4, 0.5) is 0 Å². The Labute approximate surface area is 163 Å². The summed E-state index contributed by atoms with van der Waals surface area (Å²) in [4.78, 5) is 8.78. The largest absolute Gasteiger partial charge is 0.486 e. The molecule has 4 atom stereocenters. The fraction of sp³-hybridized carbons (Fsp3) is 0.429. The van der Waals surface area contributed by atoms with Gasteiger partial charge in [-0.1, -0.05) is 0 Å². The number of nitrogens with one attached hydrogen (secondary N) is 1. The summed E-state index contributed by atoms with van der Waals surface area (Å²) in [5, 5.41) is 25.8. The van der Waals surface area contributed by atoms with E-state index in [0.29, 0.717) is 12.2 Å². The topological polar surface area (TPSA) is 92.4 Å². The predicted molar refractivity (Wildman–Crippen MR) is 104 cm³/mol. The van der Waals surface area contributed by atoms with Gasteiger partial charge in [0.1, 0.15) is 29.7 Å². The summed E-state index contributed by atoms with van der Waals surface area (Å²) >= 11 is 0. The first-order valence-electron chi connectivity index (χ1n) is 9.75. The molecule has 1 aliphatic heterocycles. The van der Waals surface area contributed by atoms with Gasteiger partial charge in [0.25, 0.3) is 0 Å². The minimum absolute atomic E-state index is 0.294. The molecule has 0 saturated heterocycles. The second kappa shape index (κ2) is 6.84. The molecule has 2 aliphatic rings. The molecule has 0 aromatic carbocycles. The minimum Gasteiger partial charge on any atom is -0.486 e. The van der Waals surface area contributed by atoms with E-state index < -0.39 is 18.3 Å². The van der Waals surface area contributed by atoms with Gasteiger partial charge < -0.3 is 24.8 Å². The summed E-state index contributed by atoms with van der Waals surface area (Å²) in [6.07, 6.45) is 6.31. The number of aryl methyl sites for hydroxylation is 1. The molecule has 1 aliphatic carbocycles. The number of hydrogen-bond acceptors (Lipinski definition) is 6. The molecule has 0 bridgehead atoms. The highest BCUT2D eigenvalue weighted by atomic mass is 16.5. The van der Waals surface area contributed by atoms with Gasteiger partial charge in [-0.15, -0.1) is 0 Å². The molecule has 28 heavy (non-hydrogen) atoms. The molecule has 4 heterocycles. The molecule has 2 unspecified atom stereocenters. The first kappa shape index (κ1) is 17.6. The van der Waals surface area contributed by atoms with Crippen molar-refractivity contribution in [2.75, 3.05) is 6.54 Å². The lowest BCUT2D eigenvalue weighted by Crippen LogP contribution is -2.35. The van der Waals surface area contributed by atoms with E-state index in [9.17, 15) is 10.2 Å². The number of ether oxygens (including phenoxy) is 1. The van der Waals surface area contributed by atoms with E-state index in [2.05, 4.69) is 15.3 Å². The lowest BCUT2D eigenvalue weighted by Gasteiger charge is -2.23. The first-order chi connectivity index (χ1) is 13.6. The molecule has 5 rings (SSSR count). The van der Waals surface area contributed by atoms with Gasteiger partial charge in [-0.25, -0.2) is 4.98 Å². The molecule has 3 N–H and O–H groups in total. The van der Waals surface area contributed by atoms with E-state index >= 15 is 0 Å². The standard InChI is InChI=1S/C21H24N4O3/c1-12-2-6-24-21-14(12)4-7-25(21)16-8-17(20(27)19(16)26)28-18-11-23-9-13-3-5-22-10-15(13)18/h2,4,6-7,9,11,16-17,19-20,22,26-27H,3,5,8,10H2,1H3/t16?,17?,19-,20+/m0/s1. The van der Waals surface area contributed by atoms with Crippen molar-refractivity contribution in [1.82, 2.24) is 19.9 Å². The van der Waals surface area contributed by atoms with Gasteiger partial charge in [-0.3, -0.25) is 4.98 Å². The summed E-state index contributed by atoms with van der Waals surface area (Å²) < 4.78 is 8.13. The van der Waals surface area contributed by atoms with E-state index in [1.807, 2.05) is 36.0 Å². The SMILES string of the molecule is Cc1ccnc2c1ccn2C1CC(Oc2cncc3c2CNCC3)[C@@H](O)[C@H]1O. The van der Waals surface area contributed by atoms with Crippen molar-refractivity contribution in [3.05, 3.63) is 53.6 Å². The van der Waals surface area contributed by atoms with E-state index in [1.54, 1.807) is 12.4 Å². The molecule has 146 valence electrons. The maximum Gasteiger partial charge on any atom is 0.142 e. The van der Waals surface area contributed by atoms with Crippen molar-refractivity contribution in [3.8, 4) is 5.75 Å². The number of aromatic nitrogens is 3. The fourth-order valence-electron chi connectivity index (χ4n) is 4.45. The fourth-order valence-corrected chi connectivity index (χ4v) is 4.45. The van der Waals surface area contributed by atoms with Crippen molar-refractivity contribution in [2.24, 2.45) is 0 Å². The Kier molecular flexibility index (Phi) is 4.30. The molecular formula is C21H24N4O3. The molecule has 0 spiro atoms. The van der Waals surface area contributed by atoms with E-state index in [1.165, 1.54) is 5.56 Å². The van der Waals surface area contributed by atoms with E-state index in [-0.39, 0.29) is 6.04 Å². The van der Waals surface area contributed by atoms with Gasteiger partial charge >= 0.3 is 0 Å². The van der Waals surface area contributed by atoms with E-state index in [4.69, 9.17) is 4.74 Å². The van der Waals surface area contributed by atoms with Gasteiger partial charge in [0.2, 0.25) is 0 Å². The molecule has 0 radical (unpaired) electrons. The van der Waals surface area contributed by atoms with Crippen LogP contribution in [0.3, 0.4) is 0 Å². The molecule has 0 amide bonds. The lowest BCUT2D eigenvalue weighted by molar-refractivity contribution is -0.0167. The van der Waals surface area contributed by atoms with Crippen LogP contribution in [-0.2, 0) is 13.0 Å². The van der Waals surface area contributed by atoms with Crippen molar-refractivity contribution >= 4 is 11.0 Å². The lowest BCUT2D eigenvalue weighted by atomic mass is 10.0. The third kappa shape index (κ3) is 2.78. The van der Waals surface area contributed by atoms with Crippen LogP contribution >= 0.6 is 0 Å². The van der Waals surface area contributed by atoms with Gasteiger partial charge in [0.15, 0.2) is 0 Å². The Morgan fingerprint density at radius 1 is 1.21 bits per heavy atom. The molecule has 7 heteroatoms. The zero-order valence-electron chi connectivity index (χ0n) is 15.7. The van der Waals surface area contributed by atoms with Crippen molar-refractivity contribution < 1.29 is 14.9 Å².